The minimum Gasteiger partial charge on any atom is -0.345 e. The fraction of sp³-hybridized carbons (Fsp3) is 0.389. The van der Waals surface area contributed by atoms with Crippen LogP contribution >= 0.6 is 11.3 Å². The first-order valence-electron chi connectivity index (χ1n) is 7.81. The van der Waals surface area contributed by atoms with E-state index in [1.165, 1.54) is 28.0 Å². The lowest BCUT2D eigenvalue weighted by Crippen LogP contribution is -2.30. The average Bonchev–Trinajstić information content (AvgIpc) is 3.09. The number of aryl methyl sites for hydroxylation is 3. The van der Waals surface area contributed by atoms with Gasteiger partial charge in [0.15, 0.2) is 0 Å². The predicted octanol–water partition coefficient (Wildman–Crippen LogP) is 4.04. The van der Waals surface area contributed by atoms with Crippen molar-refractivity contribution >= 4 is 17.2 Å². The van der Waals surface area contributed by atoms with Crippen LogP contribution in [-0.2, 0) is 19.3 Å². The van der Waals surface area contributed by atoms with Crippen LogP contribution in [-0.4, -0.2) is 5.91 Å². The number of hydrogen-bond acceptors (Lipinski definition) is 2. The summed E-state index contributed by atoms with van der Waals surface area (Å²) in [6.07, 6.45) is 6.89. The van der Waals surface area contributed by atoms with Crippen molar-refractivity contribution in [1.82, 2.24) is 5.32 Å². The van der Waals surface area contributed by atoms with Crippen molar-refractivity contribution < 1.29 is 4.79 Å². The summed E-state index contributed by atoms with van der Waals surface area (Å²) in [6.45, 7) is 0. The van der Waals surface area contributed by atoms with Crippen molar-refractivity contribution in [2.24, 2.45) is 0 Å². The Labute approximate surface area is 129 Å². The molecule has 1 N–H and O–H groups in total. The largest absolute Gasteiger partial charge is 0.345 e. The van der Waals surface area contributed by atoms with Crippen molar-refractivity contribution in [1.29, 1.82) is 0 Å². The second-order valence-corrected chi connectivity index (χ2v) is 7.17. The van der Waals surface area contributed by atoms with E-state index in [1.54, 1.807) is 11.3 Å². The van der Waals surface area contributed by atoms with Gasteiger partial charge in [-0.05, 0) is 61.3 Å². The van der Waals surface area contributed by atoms with E-state index in [9.17, 15) is 4.79 Å². The summed E-state index contributed by atoms with van der Waals surface area (Å²) in [7, 11) is 0. The Morgan fingerprint density at radius 2 is 1.95 bits per heavy atom. The first-order valence-corrected chi connectivity index (χ1v) is 8.63. The molecule has 0 fully saturated rings. The molecule has 0 saturated carbocycles. The van der Waals surface area contributed by atoms with E-state index >= 15 is 0 Å². The normalized spacial score (nSPS) is 19.9. The van der Waals surface area contributed by atoms with Gasteiger partial charge >= 0.3 is 0 Å². The summed E-state index contributed by atoms with van der Waals surface area (Å²) >= 11 is 1.69. The summed E-state index contributed by atoms with van der Waals surface area (Å²) < 4.78 is 0. The van der Waals surface area contributed by atoms with Gasteiger partial charge in [-0.2, -0.15) is 0 Å². The Balaban J connectivity index is 1.54. The molecule has 21 heavy (non-hydrogen) atoms. The molecule has 0 aliphatic heterocycles. The molecule has 1 atom stereocenters. The van der Waals surface area contributed by atoms with Gasteiger partial charge in [0.1, 0.15) is 0 Å². The molecular weight excluding hydrogens is 278 g/mol. The third kappa shape index (κ3) is 2.40. The van der Waals surface area contributed by atoms with Crippen LogP contribution in [0.25, 0.3) is 0 Å². The predicted molar refractivity (Wildman–Crippen MR) is 85.9 cm³/mol. The standard InChI is InChI=1S/C18H19NOS/c20-18(17-11-13-7-4-10-16(13)21-17)19-15-9-3-6-12-5-1-2-8-14(12)15/h1-2,5,8,11,15H,3-4,6-7,9-10H2,(H,19,20)/t15-/m1/s1. The highest BCUT2D eigenvalue weighted by Gasteiger charge is 2.24. The van der Waals surface area contributed by atoms with Crippen LogP contribution in [0.5, 0.6) is 0 Å². The highest BCUT2D eigenvalue weighted by atomic mass is 32.1. The number of rotatable bonds is 2. The van der Waals surface area contributed by atoms with Gasteiger partial charge in [0.2, 0.25) is 0 Å². The summed E-state index contributed by atoms with van der Waals surface area (Å²) in [5.74, 6) is 0.108. The van der Waals surface area contributed by atoms with Crippen LogP contribution < -0.4 is 5.32 Å². The molecule has 3 heteroatoms. The molecule has 1 amide bonds. The summed E-state index contributed by atoms with van der Waals surface area (Å²) in [5, 5.41) is 3.25. The molecule has 0 bridgehead atoms. The zero-order valence-electron chi connectivity index (χ0n) is 12.0. The molecule has 2 aliphatic carbocycles. The molecule has 4 rings (SSSR count). The van der Waals surface area contributed by atoms with Gasteiger partial charge < -0.3 is 5.32 Å². The molecule has 0 saturated heterocycles. The van der Waals surface area contributed by atoms with Gasteiger partial charge in [-0.15, -0.1) is 11.3 Å². The topological polar surface area (TPSA) is 29.1 Å². The number of carbonyl (C=O) groups is 1. The van der Waals surface area contributed by atoms with E-state index in [4.69, 9.17) is 0 Å². The molecule has 1 aromatic heterocycles. The number of hydrogen-bond donors (Lipinski definition) is 1. The lowest BCUT2D eigenvalue weighted by Gasteiger charge is -2.26. The van der Waals surface area contributed by atoms with Crippen LogP contribution in [0.3, 0.4) is 0 Å². The summed E-state index contributed by atoms with van der Waals surface area (Å²) in [5.41, 5.74) is 4.10. The molecule has 2 aliphatic rings. The smallest absolute Gasteiger partial charge is 0.261 e. The third-order valence-corrected chi connectivity index (χ3v) is 5.88. The van der Waals surface area contributed by atoms with E-state index in [0.29, 0.717) is 0 Å². The van der Waals surface area contributed by atoms with Gasteiger partial charge in [0.25, 0.3) is 5.91 Å². The number of thiophene rings is 1. The molecule has 2 aromatic rings. The van der Waals surface area contributed by atoms with E-state index in [0.717, 1.165) is 37.0 Å². The Bertz CT molecular complexity index is 667. The van der Waals surface area contributed by atoms with Crippen molar-refractivity contribution in [2.45, 2.75) is 44.6 Å². The summed E-state index contributed by atoms with van der Waals surface area (Å²) in [4.78, 5) is 14.8. The zero-order chi connectivity index (χ0) is 14.2. The van der Waals surface area contributed by atoms with Crippen LogP contribution in [0.4, 0.5) is 0 Å². The summed E-state index contributed by atoms with van der Waals surface area (Å²) in [6, 6.07) is 10.8. The van der Waals surface area contributed by atoms with Gasteiger partial charge in [-0.3, -0.25) is 4.79 Å². The first-order chi connectivity index (χ1) is 10.3. The van der Waals surface area contributed by atoms with Crippen molar-refractivity contribution in [3.05, 3.63) is 56.8 Å². The average molecular weight is 297 g/mol. The van der Waals surface area contributed by atoms with Crippen LogP contribution in [0.15, 0.2) is 30.3 Å². The van der Waals surface area contributed by atoms with Crippen molar-refractivity contribution in [3.63, 3.8) is 0 Å². The van der Waals surface area contributed by atoms with Crippen molar-refractivity contribution in [2.75, 3.05) is 0 Å². The van der Waals surface area contributed by atoms with Gasteiger partial charge in [0, 0.05) is 4.88 Å². The molecule has 1 heterocycles. The molecule has 108 valence electrons. The SMILES string of the molecule is O=C(N[C@@H]1CCCc2ccccc21)c1cc2c(s1)CCC2. The first kappa shape index (κ1) is 13.1. The van der Waals surface area contributed by atoms with Crippen LogP contribution in [0, 0.1) is 0 Å². The molecular formula is C18H19NOS. The minimum atomic E-state index is 0.108. The lowest BCUT2D eigenvalue weighted by molar-refractivity contribution is 0.0937. The quantitative estimate of drug-likeness (QED) is 0.890. The number of carbonyl (C=O) groups excluding carboxylic acids is 1. The molecule has 0 radical (unpaired) electrons. The van der Waals surface area contributed by atoms with E-state index < -0.39 is 0 Å². The molecule has 0 spiro atoms. The Kier molecular flexibility index (Phi) is 3.30. The maximum absolute atomic E-state index is 12.5. The van der Waals surface area contributed by atoms with Gasteiger partial charge in [-0.25, -0.2) is 0 Å². The minimum absolute atomic E-state index is 0.108. The monoisotopic (exact) mass is 297 g/mol. The molecule has 1 aromatic carbocycles. The maximum Gasteiger partial charge on any atom is 0.261 e. The fourth-order valence-electron chi connectivity index (χ4n) is 3.57. The Morgan fingerprint density at radius 1 is 1.10 bits per heavy atom. The van der Waals surface area contributed by atoms with E-state index in [2.05, 4.69) is 35.6 Å². The van der Waals surface area contributed by atoms with Crippen molar-refractivity contribution in [3.8, 4) is 0 Å². The highest BCUT2D eigenvalue weighted by Crippen LogP contribution is 2.32. The second-order valence-electron chi connectivity index (χ2n) is 6.03. The molecule has 2 nitrogen and oxygen atoms in total. The third-order valence-electron chi connectivity index (χ3n) is 4.65. The highest BCUT2D eigenvalue weighted by molar-refractivity contribution is 7.14. The maximum atomic E-state index is 12.5. The second kappa shape index (κ2) is 5.30. The number of fused-ring (bicyclic) bond motifs is 2. The van der Waals surface area contributed by atoms with Gasteiger partial charge in [-0.1, -0.05) is 24.3 Å². The van der Waals surface area contributed by atoms with Crippen LogP contribution in [0.1, 0.15) is 56.5 Å². The fourth-order valence-corrected chi connectivity index (χ4v) is 4.73. The molecule has 0 unspecified atom stereocenters. The zero-order valence-corrected chi connectivity index (χ0v) is 12.8. The van der Waals surface area contributed by atoms with Gasteiger partial charge in [0.05, 0.1) is 10.9 Å². The Morgan fingerprint density at radius 3 is 2.86 bits per heavy atom. The number of benzene rings is 1. The van der Waals surface area contributed by atoms with E-state index in [-0.39, 0.29) is 11.9 Å². The number of amides is 1. The lowest BCUT2D eigenvalue weighted by atomic mass is 9.88. The Hall–Kier alpha value is -1.61. The van der Waals surface area contributed by atoms with Crippen LogP contribution in [0.2, 0.25) is 0 Å². The number of nitrogens with one attached hydrogen (secondary N) is 1. The van der Waals surface area contributed by atoms with E-state index in [1.807, 2.05) is 0 Å².